The van der Waals surface area contributed by atoms with Crippen molar-refractivity contribution in [3.8, 4) is 0 Å². The standard InChI is InChI=1S/C18H20FN3O3S2/c1-13-8-11-26-17(13)12-20-21-18(23)14-6-9-22(10-7-14)27(24,25)16-4-2-15(19)3-5-16/h2-5,8,11-12,14H,6-7,9-10H2,1H3,(H,21,23)/b20-12-. The zero-order chi connectivity index (χ0) is 19.4. The molecule has 6 nitrogen and oxygen atoms in total. The highest BCUT2D eigenvalue weighted by atomic mass is 32.2. The Morgan fingerprint density at radius 1 is 1.26 bits per heavy atom. The van der Waals surface area contributed by atoms with Crippen LogP contribution >= 0.6 is 11.3 Å². The van der Waals surface area contributed by atoms with Crippen LogP contribution < -0.4 is 5.43 Å². The van der Waals surface area contributed by atoms with Crippen LogP contribution in [0.4, 0.5) is 4.39 Å². The highest BCUT2D eigenvalue weighted by Gasteiger charge is 2.32. The third kappa shape index (κ3) is 4.60. The number of hydrazone groups is 1. The van der Waals surface area contributed by atoms with Gasteiger partial charge in [0.15, 0.2) is 0 Å². The van der Waals surface area contributed by atoms with Crippen LogP contribution in [0, 0.1) is 18.7 Å². The molecule has 1 aliphatic heterocycles. The van der Waals surface area contributed by atoms with Crippen molar-refractivity contribution in [3.63, 3.8) is 0 Å². The highest BCUT2D eigenvalue weighted by Crippen LogP contribution is 2.24. The quantitative estimate of drug-likeness (QED) is 0.609. The summed E-state index contributed by atoms with van der Waals surface area (Å²) in [6, 6.07) is 6.74. The van der Waals surface area contributed by atoms with Crippen LogP contribution in [0.3, 0.4) is 0 Å². The molecule has 1 N–H and O–H groups in total. The van der Waals surface area contributed by atoms with E-state index in [9.17, 15) is 17.6 Å². The zero-order valence-electron chi connectivity index (χ0n) is 14.8. The first kappa shape index (κ1) is 19.7. The summed E-state index contributed by atoms with van der Waals surface area (Å²) in [4.78, 5) is 13.3. The summed E-state index contributed by atoms with van der Waals surface area (Å²) in [6.07, 6.45) is 2.45. The second kappa shape index (κ2) is 8.28. The largest absolute Gasteiger partial charge is 0.273 e. The molecule has 0 aliphatic carbocycles. The van der Waals surface area contributed by atoms with E-state index in [2.05, 4.69) is 10.5 Å². The smallest absolute Gasteiger partial charge is 0.243 e. The lowest BCUT2D eigenvalue weighted by Crippen LogP contribution is -2.42. The van der Waals surface area contributed by atoms with Crippen molar-refractivity contribution in [1.29, 1.82) is 0 Å². The van der Waals surface area contributed by atoms with Gasteiger partial charge in [-0.2, -0.15) is 9.41 Å². The number of carbonyl (C=O) groups is 1. The number of nitrogens with zero attached hydrogens (tertiary/aromatic N) is 2. The SMILES string of the molecule is Cc1ccsc1/C=N\NC(=O)C1CCN(S(=O)(=O)c2ccc(F)cc2)CC1. The van der Waals surface area contributed by atoms with E-state index in [0.717, 1.165) is 22.6 Å². The van der Waals surface area contributed by atoms with E-state index < -0.39 is 15.8 Å². The number of sulfonamides is 1. The van der Waals surface area contributed by atoms with E-state index in [0.29, 0.717) is 12.8 Å². The van der Waals surface area contributed by atoms with E-state index >= 15 is 0 Å². The van der Waals surface area contributed by atoms with Crippen LogP contribution in [-0.2, 0) is 14.8 Å². The second-order valence-electron chi connectivity index (χ2n) is 6.33. The minimum atomic E-state index is -3.67. The summed E-state index contributed by atoms with van der Waals surface area (Å²) in [5.74, 6) is -0.979. The summed E-state index contributed by atoms with van der Waals surface area (Å²) < 4.78 is 39.5. The number of amides is 1. The van der Waals surface area contributed by atoms with Gasteiger partial charge in [0.25, 0.3) is 0 Å². The molecule has 144 valence electrons. The molecule has 0 unspecified atom stereocenters. The fourth-order valence-electron chi connectivity index (χ4n) is 2.88. The minimum Gasteiger partial charge on any atom is -0.273 e. The molecular weight excluding hydrogens is 389 g/mol. The van der Waals surface area contributed by atoms with Gasteiger partial charge in [0.1, 0.15) is 5.82 Å². The molecule has 3 rings (SSSR count). The maximum Gasteiger partial charge on any atom is 0.243 e. The number of benzene rings is 1. The molecule has 1 fully saturated rings. The molecule has 0 saturated carbocycles. The predicted molar refractivity (Wildman–Crippen MR) is 103 cm³/mol. The minimum absolute atomic E-state index is 0.0581. The van der Waals surface area contributed by atoms with Crippen LogP contribution in [0.1, 0.15) is 23.3 Å². The summed E-state index contributed by atoms with van der Waals surface area (Å²) in [7, 11) is -3.67. The average Bonchev–Trinajstić information content (AvgIpc) is 3.07. The van der Waals surface area contributed by atoms with Gasteiger partial charge in [0.2, 0.25) is 15.9 Å². The number of aryl methyl sites for hydroxylation is 1. The van der Waals surface area contributed by atoms with Gasteiger partial charge < -0.3 is 0 Å². The van der Waals surface area contributed by atoms with Crippen molar-refractivity contribution >= 4 is 33.5 Å². The number of hydrogen-bond donors (Lipinski definition) is 1. The Morgan fingerprint density at radius 2 is 1.93 bits per heavy atom. The van der Waals surface area contributed by atoms with Crippen molar-refractivity contribution in [2.24, 2.45) is 11.0 Å². The number of carbonyl (C=O) groups excluding carboxylic acids is 1. The Bertz CT molecular complexity index is 931. The van der Waals surface area contributed by atoms with Gasteiger partial charge in [0.05, 0.1) is 11.1 Å². The molecule has 2 heterocycles. The van der Waals surface area contributed by atoms with Gasteiger partial charge in [-0.25, -0.2) is 18.2 Å². The Balaban J connectivity index is 1.55. The third-order valence-electron chi connectivity index (χ3n) is 4.53. The highest BCUT2D eigenvalue weighted by molar-refractivity contribution is 7.89. The fraction of sp³-hybridized carbons (Fsp3) is 0.333. The van der Waals surface area contributed by atoms with E-state index in [1.54, 1.807) is 17.6 Å². The Hall–Kier alpha value is -2.10. The first-order valence-corrected chi connectivity index (χ1v) is 10.8. The molecule has 0 bridgehead atoms. The van der Waals surface area contributed by atoms with Crippen LogP contribution in [-0.4, -0.2) is 37.9 Å². The Kier molecular flexibility index (Phi) is 6.03. The number of hydrogen-bond acceptors (Lipinski definition) is 5. The fourth-order valence-corrected chi connectivity index (χ4v) is 5.13. The van der Waals surface area contributed by atoms with Gasteiger partial charge in [0, 0.05) is 23.9 Å². The lowest BCUT2D eigenvalue weighted by Gasteiger charge is -2.30. The van der Waals surface area contributed by atoms with Crippen molar-refractivity contribution in [2.75, 3.05) is 13.1 Å². The molecule has 1 amide bonds. The number of piperidine rings is 1. The molecule has 1 aromatic heterocycles. The number of rotatable bonds is 5. The van der Waals surface area contributed by atoms with E-state index in [-0.39, 0.29) is 29.8 Å². The van der Waals surface area contributed by atoms with Crippen molar-refractivity contribution in [1.82, 2.24) is 9.73 Å². The first-order chi connectivity index (χ1) is 12.9. The van der Waals surface area contributed by atoms with Gasteiger partial charge in [-0.05, 0) is 61.0 Å². The lowest BCUT2D eigenvalue weighted by molar-refractivity contribution is -0.126. The first-order valence-electron chi connectivity index (χ1n) is 8.50. The molecule has 1 aliphatic rings. The molecule has 0 atom stereocenters. The van der Waals surface area contributed by atoms with E-state index in [4.69, 9.17) is 0 Å². The zero-order valence-corrected chi connectivity index (χ0v) is 16.4. The average molecular weight is 410 g/mol. The van der Waals surface area contributed by atoms with Gasteiger partial charge in [-0.1, -0.05) is 0 Å². The molecule has 9 heteroatoms. The van der Waals surface area contributed by atoms with Gasteiger partial charge >= 0.3 is 0 Å². The summed E-state index contributed by atoms with van der Waals surface area (Å²) in [6.45, 7) is 2.45. The summed E-state index contributed by atoms with van der Waals surface area (Å²) in [5, 5.41) is 5.95. The van der Waals surface area contributed by atoms with E-state index in [1.807, 2.05) is 18.4 Å². The predicted octanol–water partition coefficient (Wildman–Crippen LogP) is 2.75. The number of thiophene rings is 1. The van der Waals surface area contributed by atoms with Crippen LogP contribution in [0.5, 0.6) is 0 Å². The van der Waals surface area contributed by atoms with Crippen molar-refractivity contribution in [3.05, 3.63) is 52.0 Å². The molecule has 0 spiro atoms. The van der Waals surface area contributed by atoms with Gasteiger partial charge in [-0.3, -0.25) is 4.79 Å². The third-order valence-corrected chi connectivity index (χ3v) is 7.40. The number of nitrogens with one attached hydrogen (secondary N) is 1. The van der Waals surface area contributed by atoms with E-state index in [1.165, 1.54) is 16.4 Å². The maximum absolute atomic E-state index is 13.0. The van der Waals surface area contributed by atoms with Crippen LogP contribution in [0.15, 0.2) is 45.7 Å². The van der Waals surface area contributed by atoms with Gasteiger partial charge in [-0.15, -0.1) is 11.3 Å². The Labute approximate surface area is 161 Å². The summed E-state index contributed by atoms with van der Waals surface area (Å²) in [5.41, 5.74) is 3.63. The van der Waals surface area contributed by atoms with Crippen molar-refractivity contribution < 1.29 is 17.6 Å². The molecule has 1 aromatic carbocycles. The summed E-state index contributed by atoms with van der Waals surface area (Å²) >= 11 is 1.54. The van der Waals surface area contributed by atoms with Crippen LogP contribution in [0.25, 0.3) is 0 Å². The molecule has 0 radical (unpaired) electrons. The second-order valence-corrected chi connectivity index (χ2v) is 9.22. The topological polar surface area (TPSA) is 78.8 Å². The molecule has 27 heavy (non-hydrogen) atoms. The number of halogens is 1. The van der Waals surface area contributed by atoms with Crippen molar-refractivity contribution in [2.45, 2.75) is 24.7 Å². The maximum atomic E-state index is 13.0. The molecule has 2 aromatic rings. The normalized spacial score (nSPS) is 16.7. The lowest BCUT2D eigenvalue weighted by atomic mass is 9.98. The molecule has 1 saturated heterocycles. The Morgan fingerprint density at radius 3 is 2.52 bits per heavy atom. The van der Waals surface area contributed by atoms with Crippen LogP contribution in [0.2, 0.25) is 0 Å². The molecular formula is C18H20FN3O3S2. The monoisotopic (exact) mass is 409 g/mol.